The molecule has 2 aromatic rings. The molecule has 1 aromatic heterocycles. The number of amides is 2. The van der Waals surface area contributed by atoms with Crippen LogP contribution in [-0.4, -0.2) is 16.8 Å². The van der Waals surface area contributed by atoms with Crippen molar-refractivity contribution in [3.8, 4) is 0 Å². The van der Waals surface area contributed by atoms with Gasteiger partial charge in [0.2, 0.25) is 11.8 Å². The van der Waals surface area contributed by atoms with Crippen molar-refractivity contribution in [1.29, 1.82) is 0 Å². The highest BCUT2D eigenvalue weighted by atomic mass is 32.1. The summed E-state index contributed by atoms with van der Waals surface area (Å²) < 4.78 is 12.9. The van der Waals surface area contributed by atoms with Gasteiger partial charge in [-0.2, -0.15) is 0 Å². The first-order valence-corrected chi connectivity index (χ1v) is 7.70. The Morgan fingerprint density at radius 2 is 2.09 bits per heavy atom. The second-order valence-corrected chi connectivity index (χ2v) is 6.13. The van der Waals surface area contributed by atoms with Crippen LogP contribution in [0.1, 0.15) is 23.6 Å². The van der Waals surface area contributed by atoms with Crippen molar-refractivity contribution in [2.75, 3.05) is 5.32 Å². The number of carbonyl (C=O) groups is 2. The van der Waals surface area contributed by atoms with Gasteiger partial charge in [-0.05, 0) is 30.0 Å². The monoisotopic (exact) mass is 319 g/mol. The Hall–Kier alpha value is -2.28. The molecule has 1 aromatic carbocycles. The molecule has 0 spiro atoms. The number of nitrogens with two attached hydrogens (primary N) is 1. The Morgan fingerprint density at radius 1 is 1.36 bits per heavy atom. The van der Waals surface area contributed by atoms with Gasteiger partial charge in [0, 0.05) is 11.3 Å². The van der Waals surface area contributed by atoms with Gasteiger partial charge in [0.25, 0.3) is 0 Å². The number of aromatic nitrogens is 1. The molecule has 0 bridgehead atoms. The first-order chi connectivity index (χ1) is 10.5. The zero-order valence-electron chi connectivity index (χ0n) is 11.6. The van der Waals surface area contributed by atoms with Crippen LogP contribution < -0.4 is 11.1 Å². The molecule has 7 heteroatoms. The van der Waals surface area contributed by atoms with Crippen molar-refractivity contribution in [3.63, 3.8) is 0 Å². The van der Waals surface area contributed by atoms with Gasteiger partial charge < -0.3 is 11.1 Å². The Balaban J connectivity index is 1.58. The van der Waals surface area contributed by atoms with E-state index in [4.69, 9.17) is 5.73 Å². The van der Waals surface area contributed by atoms with E-state index in [9.17, 15) is 14.0 Å². The summed E-state index contributed by atoms with van der Waals surface area (Å²) in [5.41, 5.74) is 6.62. The van der Waals surface area contributed by atoms with E-state index in [1.165, 1.54) is 23.5 Å². The highest BCUT2D eigenvalue weighted by molar-refractivity contribution is 7.13. The molecule has 2 atom stereocenters. The summed E-state index contributed by atoms with van der Waals surface area (Å²) in [6.07, 6.45) is 0.811. The summed E-state index contributed by atoms with van der Waals surface area (Å²) >= 11 is 1.26. The highest BCUT2D eigenvalue weighted by Gasteiger charge is 2.44. The van der Waals surface area contributed by atoms with Crippen LogP contribution in [0.5, 0.6) is 0 Å². The van der Waals surface area contributed by atoms with E-state index in [1.807, 2.05) is 0 Å². The Bertz CT molecular complexity index is 714. The van der Waals surface area contributed by atoms with Gasteiger partial charge in [0.05, 0.1) is 12.1 Å². The van der Waals surface area contributed by atoms with Gasteiger partial charge in [-0.15, -0.1) is 11.3 Å². The molecule has 5 nitrogen and oxygen atoms in total. The number of hydrogen-bond donors (Lipinski definition) is 2. The number of nitrogens with one attached hydrogen (secondary N) is 1. The molecule has 1 aliphatic rings. The summed E-state index contributed by atoms with van der Waals surface area (Å²) in [6, 6.07) is 6.22. The Morgan fingerprint density at radius 3 is 2.77 bits per heavy atom. The number of thiazole rings is 1. The third kappa shape index (κ3) is 3.30. The summed E-state index contributed by atoms with van der Waals surface area (Å²) in [6.45, 7) is 0. The van der Waals surface area contributed by atoms with E-state index in [-0.39, 0.29) is 30.0 Å². The molecule has 0 aliphatic heterocycles. The molecule has 1 saturated carbocycles. The third-order valence-electron chi connectivity index (χ3n) is 3.56. The van der Waals surface area contributed by atoms with Gasteiger partial charge in [0.1, 0.15) is 5.82 Å². The Labute approximate surface area is 130 Å². The lowest BCUT2D eigenvalue weighted by molar-refractivity contribution is -0.118. The van der Waals surface area contributed by atoms with E-state index in [2.05, 4.69) is 10.3 Å². The number of hydrogen-bond acceptors (Lipinski definition) is 4. The molecule has 1 aliphatic carbocycles. The van der Waals surface area contributed by atoms with Crippen LogP contribution in [0.15, 0.2) is 29.6 Å². The fourth-order valence-corrected chi connectivity index (χ4v) is 3.10. The van der Waals surface area contributed by atoms with E-state index < -0.39 is 5.91 Å². The summed E-state index contributed by atoms with van der Waals surface area (Å²) in [7, 11) is 0. The standard InChI is InChI=1S/C15H14FN3O2S/c16-9-3-1-8(2-4-9)11-6-12(11)14(21)19-15-18-10(7-22-15)5-13(17)20/h1-4,7,11-12H,5-6H2,(H2,17,20)(H,18,19,21)/t11-,12+/m0/s1. The minimum atomic E-state index is -0.457. The fraction of sp³-hybridized carbons (Fsp3) is 0.267. The van der Waals surface area contributed by atoms with E-state index >= 15 is 0 Å². The maximum absolute atomic E-state index is 12.9. The van der Waals surface area contributed by atoms with Crippen LogP contribution in [-0.2, 0) is 16.0 Å². The van der Waals surface area contributed by atoms with Crippen molar-refractivity contribution in [2.45, 2.75) is 18.8 Å². The Kier molecular flexibility index (Phi) is 3.89. The lowest BCUT2D eigenvalue weighted by atomic mass is 10.1. The molecule has 22 heavy (non-hydrogen) atoms. The molecule has 0 radical (unpaired) electrons. The molecule has 2 amide bonds. The zero-order chi connectivity index (χ0) is 15.7. The maximum Gasteiger partial charge on any atom is 0.229 e. The van der Waals surface area contributed by atoms with Crippen molar-refractivity contribution in [1.82, 2.24) is 4.98 Å². The molecular weight excluding hydrogens is 305 g/mol. The molecule has 3 rings (SSSR count). The van der Waals surface area contributed by atoms with Crippen LogP contribution >= 0.6 is 11.3 Å². The quantitative estimate of drug-likeness (QED) is 0.884. The first kappa shape index (κ1) is 14.6. The number of carbonyl (C=O) groups excluding carboxylic acids is 2. The van der Waals surface area contributed by atoms with Crippen LogP contribution in [0, 0.1) is 11.7 Å². The number of nitrogens with zero attached hydrogens (tertiary/aromatic N) is 1. The smallest absolute Gasteiger partial charge is 0.229 e. The minimum absolute atomic E-state index is 0.0635. The summed E-state index contributed by atoms with van der Waals surface area (Å²) in [5, 5.41) is 4.91. The lowest BCUT2D eigenvalue weighted by Crippen LogP contribution is -2.15. The molecule has 0 saturated heterocycles. The third-order valence-corrected chi connectivity index (χ3v) is 4.37. The lowest BCUT2D eigenvalue weighted by Gasteiger charge is -2.01. The largest absolute Gasteiger partial charge is 0.369 e. The fourth-order valence-electron chi connectivity index (χ4n) is 2.39. The average molecular weight is 319 g/mol. The molecular formula is C15H14FN3O2S. The SMILES string of the molecule is NC(=O)Cc1csc(NC(=O)[C@@H]2C[C@H]2c2ccc(F)cc2)n1. The maximum atomic E-state index is 12.9. The molecule has 0 unspecified atom stereocenters. The number of anilines is 1. The summed E-state index contributed by atoms with van der Waals surface area (Å²) in [5.74, 6) is -0.828. The average Bonchev–Trinajstić information content (AvgIpc) is 3.15. The predicted octanol–water partition coefficient (Wildman–Crippen LogP) is 2.05. The van der Waals surface area contributed by atoms with Crippen LogP contribution in [0.2, 0.25) is 0 Å². The second-order valence-electron chi connectivity index (χ2n) is 5.28. The number of halogens is 1. The van der Waals surface area contributed by atoms with Gasteiger partial charge in [-0.25, -0.2) is 9.37 Å². The van der Waals surface area contributed by atoms with Gasteiger partial charge in [0.15, 0.2) is 5.13 Å². The first-order valence-electron chi connectivity index (χ1n) is 6.82. The van der Waals surface area contributed by atoms with Crippen molar-refractivity contribution in [2.24, 2.45) is 11.7 Å². The number of primary amides is 1. The number of benzene rings is 1. The highest BCUT2D eigenvalue weighted by Crippen LogP contribution is 2.48. The van der Waals surface area contributed by atoms with Gasteiger partial charge in [-0.3, -0.25) is 9.59 Å². The van der Waals surface area contributed by atoms with E-state index in [0.29, 0.717) is 10.8 Å². The molecule has 1 fully saturated rings. The molecule has 1 heterocycles. The van der Waals surface area contributed by atoms with Crippen molar-refractivity contribution < 1.29 is 14.0 Å². The van der Waals surface area contributed by atoms with E-state index in [0.717, 1.165) is 12.0 Å². The topological polar surface area (TPSA) is 85.1 Å². The van der Waals surface area contributed by atoms with Crippen LogP contribution in [0.4, 0.5) is 9.52 Å². The van der Waals surface area contributed by atoms with Crippen LogP contribution in [0.3, 0.4) is 0 Å². The predicted molar refractivity (Wildman–Crippen MR) is 80.9 cm³/mol. The number of rotatable bonds is 5. The van der Waals surface area contributed by atoms with Crippen molar-refractivity contribution in [3.05, 3.63) is 46.7 Å². The second kappa shape index (κ2) is 5.84. The molecule has 3 N–H and O–H groups in total. The molecule has 114 valence electrons. The minimum Gasteiger partial charge on any atom is -0.369 e. The van der Waals surface area contributed by atoms with Gasteiger partial charge >= 0.3 is 0 Å². The van der Waals surface area contributed by atoms with Crippen LogP contribution in [0.25, 0.3) is 0 Å². The van der Waals surface area contributed by atoms with Gasteiger partial charge in [-0.1, -0.05) is 12.1 Å². The van der Waals surface area contributed by atoms with E-state index in [1.54, 1.807) is 17.5 Å². The normalized spacial score (nSPS) is 19.7. The zero-order valence-corrected chi connectivity index (χ0v) is 12.4. The van der Waals surface area contributed by atoms with Crippen molar-refractivity contribution >= 4 is 28.3 Å². The summed E-state index contributed by atoms with van der Waals surface area (Å²) in [4.78, 5) is 27.1.